The Bertz CT molecular complexity index is 733. The van der Waals surface area contributed by atoms with Crippen molar-refractivity contribution >= 4 is 24.0 Å². The minimum Gasteiger partial charge on any atom is -0.445 e. The molecule has 10 heteroatoms. The van der Waals surface area contributed by atoms with Gasteiger partial charge in [0.2, 0.25) is 11.8 Å². The van der Waals surface area contributed by atoms with Crippen LogP contribution in [0.4, 0.5) is 9.59 Å². The highest BCUT2D eigenvalue weighted by Gasteiger charge is 2.24. The maximum Gasteiger partial charge on any atom is 0.408 e. The Morgan fingerprint density at radius 1 is 1.00 bits per heavy atom. The summed E-state index contributed by atoms with van der Waals surface area (Å²) in [6, 6.07) is 8.40. The third kappa shape index (κ3) is 12.8. The molecule has 1 unspecified atom stereocenters. The molecule has 10 nitrogen and oxygen atoms in total. The topological polar surface area (TPSA) is 149 Å². The van der Waals surface area contributed by atoms with Gasteiger partial charge in [0, 0.05) is 6.54 Å². The van der Waals surface area contributed by atoms with E-state index in [1.807, 2.05) is 30.3 Å². The highest BCUT2D eigenvalue weighted by atomic mass is 16.6. The molecule has 0 spiro atoms. The average Bonchev–Trinajstić information content (AvgIpc) is 2.68. The fourth-order valence-corrected chi connectivity index (χ4v) is 2.45. The zero-order chi connectivity index (χ0) is 23.3. The van der Waals surface area contributed by atoms with Crippen LogP contribution in [0.3, 0.4) is 0 Å². The van der Waals surface area contributed by atoms with Crippen LogP contribution in [0.2, 0.25) is 0 Å². The van der Waals surface area contributed by atoms with E-state index in [9.17, 15) is 19.2 Å². The Morgan fingerprint density at radius 3 is 2.29 bits per heavy atom. The number of hydrogen-bond donors (Lipinski definition) is 4. The third-order valence-corrected chi connectivity index (χ3v) is 3.85. The monoisotopic (exact) mass is 436 g/mol. The Hall–Kier alpha value is -3.30. The second kappa shape index (κ2) is 13.1. The Balaban J connectivity index is 2.39. The number of hydrogen-bond acceptors (Lipinski definition) is 6. The van der Waals surface area contributed by atoms with Gasteiger partial charge in [0.25, 0.3) is 0 Å². The number of nitrogens with one attached hydrogen (secondary N) is 3. The lowest BCUT2D eigenvalue weighted by Gasteiger charge is -2.23. The van der Waals surface area contributed by atoms with Crippen molar-refractivity contribution in [3.63, 3.8) is 0 Å². The predicted molar refractivity (Wildman–Crippen MR) is 114 cm³/mol. The molecule has 1 aromatic carbocycles. The number of carbonyl (C=O) groups excluding carboxylic acids is 4. The maximum absolute atomic E-state index is 12.3. The number of carbonyl (C=O) groups is 4. The molecule has 172 valence electrons. The van der Waals surface area contributed by atoms with Crippen molar-refractivity contribution in [2.24, 2.45) is 5.73 Å². The van der Waals surface area contributed by atoms with Gasteiger partial charge in [-0.25, -0.2) is 9.59 Å². The summed E-state index contributed by atoms with van der Waals surface area (Å²) in [5, 5.41) is 7.50. The molecule has 5 N–H and O–H groups in total. The standard InChI is InChI=1S/C21H32N4O6/c1-21(2,3)31-20(29)25-16(18(27)24-13-17(22)26)11-7-8-12-23-19(28)30-14-15-9-5-4-6-10-15/h4-6,9-10,16H,7-8,11-14H2,1-3H3,(H2,22,26)(H,23,28)(H,24,27)(H,25,29). The molecule has 0 aliphatic heterocycles. The normalized spacial score (nSPS) is 11.7. The number of primary amides is 1. The number of nitrogens with two attached hydrogens (primary N) is 1. The SMILES string of the molecule is CC(C)(C)OC(=O)NC(CCCCNC(=O)OCc1ccccc1)C(=O)NCC(N)=O. The third-order valence-electron chi connectivity index (χ3n) is 3.85. The van der Waals surface area contributed by atoms with E-state index in [0.717, 1.165) is 5.56 Å². The van der Waals surface area contributed by atoms with Gasteiger partial charge in [-0.2, -0.15) is 0 Å². The second-order valence-corrected chi connectivity index (χ2v) is 7.87. The highest BCUT2D eigenvalue weighted by molar-refractivity contribution is 5.89. The van der Waals surface area contributed by atoms with E-state index in [1.165, 1.54) is 0 Å². The zero-order valence-corrected chi connectivity index (χ0v) is 18.2. The van der Waals surface area contributed by atoms with Crippen molar-refractivity contribution in [1.29, 1.82) is 0 Å². The molecule has 0 fully saturated rings. The predicted octanol–water partition coefficient (Wildman–Crippen LogP) is 1.58. The molecule has 0 saturated carbocycles. The summed E-state index contributed by atoms with van der Waals surface area (Å²) in [5.41, 5.74) is 5.20. The summed E-state index contributed by atoms with van der Waals surface area (Å²) in [4.78, 5) is 46.9. The molecule has 4 amide bonds. The summed E-state index contributed by atoms with van der Waals surface area (Å²) < 4.78 is 10.3. The summed E-state index contributed by atoms with van der Waals surface area (Å²) >= 11 is 0. The average molecular weight is 437 g/mol. The number of alkyl carbamates (subject to hydrolysis) is 2. The van der Waals surface area contributed by atoms with Crippen molar-refractivity contribution in [3.05, 3.63) is 35.9 Å². The molecule has 0 saturated heterocycles. The quantitative estimate of drug-likeness (QED) is 0.387. The first-order valence-corrected chi connectivity index (χ1v) is 10.1. The molecule has 1 atom stereocenters. The Kier molecular flexibility index (Phi) is 10.9. The lowest BCUT2D eigenvalue weighted by molar-refractivity contribution is -0.126. The van der Waals surface area contributed by atoms with Gasteiger partial charge in [0.05, 0.1) is 6.54 Å². The van der Waals surface area contributed by atoms with Gasteiger partial charge < -0.3 is 31.2 Å². The number of unbranched alkanes of at least 4 members (excludes halogenated alkanes) is 1. The molecule has 0 aromatic heterocycles. The van der Waals surface area contributed by atoms with Gasteiger partial charge in [-0.15, -0.1) is 0 Å². The van der Waals surface area contributed by atoms with E-state index in [2.05, 4.69) is 16.0 Å². The van der Waals surface area contributed by atoms with Gasteiger partial charge in [-0.05, 0) is 45.6 Å². The molecule has 0 heterocycles. The van der Waals surface area contributed by atoms with Crippen LogP contribution >= 0.6 is 0 Å². The van der Waals surface area contributed by atoms with E-state index < -0.39 is 35.6 Å². The number of benzene rings is 1. The zero-order valence-electron chi connectivity index (χ0n) is 18.2. The van der Waals surface area contributed by atoms with E-state index >= 15 is 0 Å². The van der Waals surface area contributed by atoms with E-state index in [0.29, 0.717) is 19.4 Å². The lowest BCUT2D eigenvalue weighted by Crippen LogP contribution is -2.49. The van der Waals surface area contributed by atoms with Crippen LogP contribution < -0.4 is 21.7 Å². The van der Waals surface area contributed by atoms with Crippen molar-refractivity contribution < 1.29 is 28.7 Å². The molecular weight excluding hydrogens is 404 g/mol. The summed E-state index contributed by atoms with van der Waals surface area (Å²) in [5.74, 6) is -1.23. The fraction of sp³-hybridized carbons (Fsp3) is 0.524. The molecular formula is C21H32N4O6. The second-order valence-electron chi connectivity index (χ2n) is 7.87. The van der Waals surface area contributed by atoms with Gasteiger partial charge in [-0.3, -0.25) is 9.59 Å². The summed E-state index contributed by atoms with van der Waals surface area (Å²) in [6.07, 6.45) is 0.0742. The number of ether oxygens (including phenoxy) is 2. The van der Waals surface area contributed by atoms with Crippen molar-refractivity contribution in [1.82, 2.24) is 16.0 Å². The van der Waals surface area contributed by atoms with Crippen LogP contribution in [0.1, 0.15) is 45.6 Å². The van der Waals surface area contributed by atoms with Crippen LogP contribution in [0.15, 0.2) is 30.3 Å². The van der Waals surface area contributed by atoms with Gasteiger partial charge in [0.15, 0.2) is 0 Å². The molecule has 0 radical (unpaired) electrons. The van der Waals surface area contributed by atoms with Crippen LogP contribution in [0.5, 0.6) is 0 Å². The smallest absolute Gasteiger partial charge is 0.408 e. The van der Waals surface area contributed by atoms with E-state index in [4.69, 9.17) is 15.2 Å². The molecule has 1 rings (SSSR count). The molecule has 0 bridgehead atoms. The minimum absolute atomic E-state index is 0.175. The highest BCUT2D eigenvalue weighted by Crippen LogP contribution is 2.08. The van der Waals surface area contributed by atoms with Crippen LogP contribution in [0.25, 0.3) is 0 Å². The summed E-state index contributed by atoms with van der Waals surface area (Å²) in [6.45, 7) is 5.30. The van der Waals surface area contributed by atoms with Gasteiger partial charge >= 0.3 is 12.2 Å². The molecule has 0 aliphatic rings. The van der Waals surface area contributed by atoms with Gasteiger partial charge in [0.1, 0.15) is 18.2 Å². The number of amides is 4. The van der Waals surface area contributed by atoms with Crippen LogP contribution in [0, 0.1) is 0 Å². The first kappa shape index (κ1) is 25.7. The maximum atomic E-state index is 12.3. The Labute approximate surface area is 182 Å². The van der Waals surface area contributed by atoms with Crippen molar-refractivity contribution in [3.8, 4) is 0 Å². The van der Waals surface area contributed by atoms with E-state index in [1.54, 1.807) is 20.8 Å². The fourth-order valence-electron chi connectivity index (χ4n) is 2.45. The first-order chi connectivity index (χ1) is 14.6. The number of rotatable bonds is 11. The molecule has 0 aliphatic carbocycles. The van der Waals surface area contributed by atoms with Crippen molar-refractivity contribution in [2.45, 2.75) is 58.3 Å². The Morgan fingerprint density at radius 2 is 1.68 bits per heavy atom. The molecule has 31 heavy (non-hydrogen) atoms. The van der Waals surface area contributed by atoms with Crippen molar-refractivity contribution in [2.75, 3.05) is 13.1 Å². The van der Waals surface area contributed by atoms with Gasteiger partial charge in [-0.1, -0.05) is 30.3 Å². The molecule has 1 aromatic rings. The van der Waals surface area contributed by atoms with Crippen LogP contribution in [-0.2, 0) is 25.7 Å². The van der Waals surface area contributed by atoms with Crippen LogP contribution in [-0.4, -0.2) is 48.7 Å². The summed E-state index contributed by atoms with van der Waals surface area (Å²) in [7, 11) is 0. The lowest BCUT2D eigenvalue weighted by atomic mass is 10.1. The minimum atomic E-state index is -0.903. The first-order valence-electron chi connectivity index (χ1n) is 10.1. The van der Waals surface area contributed by atoms with E-state index in [-0.39, 0.29) is 19.6 Å². The largest absolute Gasteiger partial charge is 0.445 e.